The smallest absolute Gasteiger partial charge is 0.264 e. The molecule has 20 heavy (non-hydrogen) atoms. The molecule has 1 aliphatic rings. The van der Waals surface area contributed by atoms with Crippen LogP contribution in [0, 0.1) is 0 Å². The summed E-state index contributed by atoms with van der Waals surface area (Å²) in [5, 5.41) is 13.6. The summed E-state index contributed by atoms with van der Waals surface area (Å²) in [6.45, 7) is 0.505. The monoisotopic (exact) mass is 309 g/mol. The number of hydrogen-bond acceptors (Lipinski definition) is 5. The first-order valence-corrected chi connectivity index (χ1v) is 8.13. The van der Waals surface area contributed by atoms with E-state index in [1.165, 1.54) is 11.3 Å². The van der Waals surface area contributed by atoms with E-state index < -0.39 is 0 Å². The van der Waals surface area contributed by atoms with Crippen molar-refractivity contribution in [3.63, 3.8) is 0 Å². The molecule has 3 rings (SSSR count). The molecule has 1 saturated carbocycles. The van der Waals surface area contributed by atoms with Crippen molar-refractivity contribution in [1.29, 1.82) is 0 Å². The number of thiophene rings is 2. The Balaban J connectivity index is 1.76. The predicted octanol–water partition coefficient (Wildman–Crippen LogP) is 2.70. The fourth-order valence-electron chi connectivity index (χ4n) is 2.13. The molecule has 7 heteroatoms. The maximum Gasteiger partial charge on any atom is 0.264 e. The summed E-state index contributed by atoms with van der Waals surface area (Å²) < 4.78 is 2.32. The minimum atomic E-state index is 0.0617. The number of oxime groups is 1. The highest BCUT2D eigenvalue weighted by Crippen LogP contribution is 2.33. The van der Waals surface area contributed by atoms with E-state index in [4.69, 9.17) is 10.9 Å². The lowest BCUT2D eigenvalue weighted by molar-refractivity contribution is 0.0752. The molecular weight excluding hydrogens is 294 g/mol. The summed E-state index contributed by atoms with van der Waals surface area (Å²) in [6.07, 6.45) is 2.49. The number of fused-ring (bicyclic) bond motifs is 1. The third-order valence-electron chi connectivity index (χ3n) is 3.34. The second kappa shape index (κ2) is 5.41. The average Bonchev–Trinajstić information content (AvgIpc) is 3.04. The molecule has 0 aliphatic heterocycles. The number of carbonyl (C=O) groups is 1. The Morgan fingerprint density at radius 3 is 2.95 bits per heavy atom. The molecule has 2 heterocycles. The third kappa shape index (κ3) is 2.64. The fraction of sp³-hybridized carbons (Fsp3) is 0.385. The minimum Gasteiger partial charge on any atom is -0.409 e. The molecule has 0 aromatic carbocycles. The van der Waals surface area contributed by atoms with Crippen molar-refractivity contribution < 1.29 is 10.0 Å². The van der Waals surface area contributed by atoms with Crippen LogP contribution in [0.25, 0.3) is 9.40 Å². The van der Waals surface area contributed by atoms with Crippen LogP contribution in [0.15, 0.2) is 22.7 Å². The van der Waals surface area contributed by atoms with Gasteiger partial charge in [0, 0.05) is 28.4 Å². The molecule has 0 spiro atoms. The van der Waals surface area contributed by atoms with Crippen LogP contribution in [0.2, 0.25) is 0 Å². The van der Waals surface area contributed by atoms with Crippen LogP contribution in [0.1, 0.15) is 28.9 Å². The number of rotatable bonds is 5. The van der Waals surface area contributed by atoms with Crippen LogP contribution in [-0.4, -0.2) is 34.4 Å². The molecule has 1 fully saturated rings. The Morgan fingerprint density at radius 1 is 1.50 bits per heavy atom. The van der Waals surface area contributed by atoms with E-state index in [2.05, 4.69) is 5.16 Å². The normalized spacial score (nSPS) is 15.7. The second-order valence-electron chi connectivity index (χ2n) is 4.83. The van der Waals surface area contributed by atoms with E-state index in [9.17, 15) is 4.79 Å². The van der Waals surface area contributed by atoms with Crippen molar-refractivity contribution in [3.8, 4) is 0 Å². The molecule has 2 aromatic rings. The van der Waals surface area contributed by atoms with E-state index in [1.54, 1.807) is 11.3 Å². The quantitative estimate of drug-likeness (QED) is 0.386. The first-order chi connectivity index (χ1) is 9.69. The highest BCUT2D eigenvalue weighted by Gasteiger charge is 2.33. The van der Waals surface area contributed by atoms with Gasteiger partial charge in [0.05, 0.1) is 4.88 Å². The SMILES string of the molecule is N/C(CCN(C(=O)c1cc2sccc2s1)C1CC1)=N/O. The largest absolute Gasteiger partial charge is 0.409 e. The lowest BCUT2D eigenvalue weighted by Crippen LogP contribution is -2.35. The van der Waals surface area contributed by atoms with Gasteiger partial charge in [-0.25, -0.2) is 0 Å². The molecule has 0 atom stereocenters. The molecular formula is C13H15N3O2S2. The van der Waals surface area contributed by atoms with Gasteiger partial charge in [0.25, 0.3) is 5.91 Å². The molecule has 3 N–H and O–H groups in total. The Morgan fingerprint density at radius 2 is 2.30 bits per heavy atom. The van der Waals surface area contributed by atoms with Crippen LogP contribution in [0.5, 0.6) is 0 Å². The molecule has 1 aliphatic carbocycles. The fourth-order valence-corrected chi connectivity index (χ4v) is 4.20. The van der Waals surface area contributed by atoms with Crippen molar-refractivity contribution in [2.24, 2.45) is 10.9 Å². The van der Waals surface area contributed by atoms with Crippen LogP contribution < -0.4 is 5.73 Å². The van der Waals surface area contributed by atoms with Crippen molar-refractivity contribution in [1.82, 2.24) is 4.90 Å². The van der Waals surface area contributed by atoms with Crippen molar-refractivity contribution in [2.75, 3.05) is 6.54 Å². The van der Waals surface area contributed by atoms with Crippen LogP contribution in [0.3, 0.4) is 0 Å². The Bertz CT molecular complexity index is 629. The van der Waals surface area contributed by atoms with Gasteiger partial charge < -0.3 is 15.8 Å². The first kappa shape index (κ1) is 13.4. The second-order valence-corrected chi connectivity index (χ2v) is 6.86. The third-order valence-corrected chi connectivity index (χ3v) is 5.42. The average molecular weight is 309 g/mol. The summed E-state index contributed by atoms with van der Waals surface area (Å²) in [7, 11) is 0. The zero-order valence-electron chi connectivity index (χ0n) is 10.8. The topological polar surface area (TPSA) is 78.9 Å². The molecule has 0 radical (unpaired) electrons. The summed E-state index contributed by atoms with van der Waals surface area (Å²) in [5.41, 5.74) is 5.49. The van der Waals surface area contributed by atoms with E-state index >= 15 is 0 Å². The van der Waals surface area contributed by atoms with Gasteiger partial charge in [0.15, 0.2) is 0 Å². The predicted molar refractivity (Wildman–Crippen MR) is 81.8 cm³/mol. The van der Waals surface area contributed by atoms with Crippen LogP contribution in [-0.2, 0) is 0 Å². The summed E-state index contributed by atoms with van der Waals surface area (Å²) in [4.78, 5) is 15.2. The highest BCUT2D eigenvalue weighted by molar-refractivity contribution is 7.27. The zero-order chi connectivity index (χ0) is 14.1. The van der Waals surface area contributed by atoms with Crippen molar-refractivity contribution in [2.45, 2.75) is 25.3 Å². The zero-order valence-corrected chi connectivity index (χ0v) is 12.4. The minimum absolute atomic E-state index is 0.0617. The van der Waals surface area contributed by atoms with Crippen LogP contribution in [0.4, 0.5) is 0 Å². The van der Waals surface area contributed by atoms with E-state index in [-0.39, 0.29) is 11.7 Å². The summed E-state index contributed by atoms with van der Waals surface area (Å²) >= 11 is 3.18. The summed E-state index contributed by atoms with van der Waals surface area (Å²) in [6, 6.07) is 4.32. The summed E-state index contributed by atoms with van der Waals surface area (Å²) in [5.74, 6) is 0.224. The molecule has 0 unspecified atom stereocenters. The molecule has 1 amide bonds. The van der Waals surface area contributed by atoms with Crippen molar-refractivity contribution >= 4 is 43.8 Å². The number of amides is 1. The maximum atomic E-state index is 12.6. The molecule has 0 saturated heterocycles. The molecule has 0 bridgehead atoms. The lowest BCUT2D eigenvalue weighted by Gasteiger charge is -2.21. The van der Waals surface area contributed by atoms with Gasteiger partial charge in [0.1, 0.15) is 5.84 Å². The van der Waals surface area contributed by atoms with Crippen LogP contribution >= 0.6 is 22.7 Å². The van der Waals surface area contributed by atoms with Gasteiger partial charge in [-0.3, -0.25) is 4.79 Å². The van der Waals surface area contributed by atoms with E-state index in [0.717, 1.165) is 27.1 Å². The number of nitrogens with zero attached hydrogens (tertiary/aromatic N) is 2. The standard InChI is InChI=1S/C13H15N3O2S2/c14-12(15-18)3-5-16(8-1-2-8)13(17)11-7-10-9(20-11)4-6-19-10/h4,6-8,18H,1-3,5H2,(H2,14,15). The number of hydrogen-bond donors (Lipinski definition) is 2. The Labute approximate surface area is 124 Å². The Kier molecular flexibility index (Phi) is 3.62. The van der Waals surface area contributed by atoms with Gasteiger partial charge in [-0.05, 0) is 30.4 Å². The lowest BCUT2D eigenvalue weighted by atomic mass is 10.3. The first-order valence-electron chi connectivity index (χ1n) is 6.43. The molecule has 2 aromatic heterocycles. The van der Waals surface area contributed by atoms with E-state index in [1.807, 2.05) is 22.4 Å². The number of amidine groups is 1. The molecule has 5 nitrogen and oxygen atoms in total. The van der Waals surface area contributed by atoms with Crippen molar-refractivity contribution in [3.05, 3.63) is 22.4 Å². The number of nitrogens with two attached hydrogens (primary N) is 1. The number of carbonyl (C=O) groups excluding carboxylic acids is 1. The van der Waals surface area contributed by atoms with Gasteiger partial charge >= 0.3 is 0 Å². The van der Waals surface area contributed by atoms with Gasteiger partial charge in [-0.15, -0.1) is 22.7 Å². The highest BCUT2D eigenvalue weighted by atomic mass is 32.1. The van der Waals surface area contributed by atoms with Gasteiger partial charge in [-0.1, -0.05) is 5.16 Å². The van der Waals surface area contributed by atoms with Gasteiger partial charge in [-0.2, -0.15) is 0 Å². The van der Waals surface area contributed by atoms with Gasteiger partial charge in [0.2, 0.25) is 0 Å². The molecule has 106 valence electrons. The Hall–Kier alpha value is -1.60. The maximum absolute atomic E-state index is 12.6. The van der Waals surface area contributed by atoms with E-state index in [0.29, 0.717) is 19.0 Å².